The molecule has 6 nitrogen and oxygen atoms in total. The molecule has 0 fully saturated rings. The number of rotatable bonds is 5. The molecule has 6 heteroatoms. The average molecular weight is 337 g/mol. The van der Waals surface area contributed by atoms with Gasteiger partial charge in [-0.25, -0.2) is 0 Å². The summed E-state index contributed by atoms with van der Waals surface area (Å²) in [6, 6.07) is 11.7. The molecule has 0 saturated carbocycles. The molecular weight excluding hydrogens is 314 g/mol. The second kappa shape index (κ2) is 6.93. The van der Waals surface area contributed by atoms with Crippen molar-refractivity contribution in [2.45, 2.75) is 26.9 Å². The van der Waals surface area contributed by atoms with Gasteiger partial charge in [0.2, 0.25) is 0 Å². The summed E-state index contributed by atoms with van der Waals surface area (Å²) in [7, 11) is 3.69. The van der Waals surface area contributed by atoms with Gasteiger partial charge in [0.15, 0.2) is 0 Å². The smallest absolute Gasteiger partial charge is 0.253 e. The molecule has 0 spiro atoms. The Morgan fingerprint density at radius 1 is 1.20 bits per heavy atom. The molecule has 0 unspecified atom stereocenters. The van der Waals surface area contributed by atoms with E-state index < -0.39 is 0 Å². The summed E-state index contributed by atoms with van der Waals surface area (Å²) in [5.41, 5.74) is 4.85. The zero-order valence-electron chi connectivity index (χ0n) is 15.1. The number of nitrogens with zero attached hydrogens (tertiary/aromatic N) is 5. The fourth-order valence-electron chi connectivity index (χ4n) is 2.90. The third kappa shape index (κ3) is 3.79. The van der Waals surface area contributed by atoms with Crippen LogP contribution in [0.1, 0.15) is 33.0 Å². The third-order valence-corrected chi connectivity index (χ3v) is 4.28. The van der Waals surface area contributed by atoms with Gasteiger partial charge >= 0.3 is 0 Å². The molecule has 0 N–H and O–H groups in total. The topological polar surface area (TPSA) is 56.0 Å². The quantitative estimate of drug-likeness (QED) is 0.719. The van der Waals surface area contributed by atoms with Crippen LogP contribution < -0.4 is 0 Å². The highest BCUT2D eigenvalue weighted by Crippen LogP contribution is 2.13. The molecular formula is C19H23N5O. The maximum absolute atomic E-state index is 12.7. The molecule has 0 atom stereocenters. The van der Waals surface area contributed by atoms with Gasteiger partial charge in [-0.3, -0.25) is 14.2 Å². The summed E-state index contributed by atoms with van der Waals surface area (Å²) < 4.78 is 3.74. The summed E-state index contributed by atoms with van der Waals surface area (Å²) >= 11 is 0. The van der Waals surface area contributed by atoms with E-state index in [9.17, 15) is 4.79 Å². The number of aromatic nitrogens is 4. The lowest BCUT2D eigenvalue weighted by molar-refractivity contribution is 0.0782. The fourth-order valence-corrected chi connectivity index (χ4v) is 2.90. The molecule has 2 heterocycles. The molecule has 0 radical (unpaired) electrons. The van der Waals surface area contributed by atoms with Crippen molar-refractivity contribution in [3.8, 4) is 0 Å². The highest BCUT2D eigenvalue weighted by atomic mass is 16.2. The maximum atomic E-state index is 12.7. The maximum Gasteiger partial charge on any atom is 0.253 e. The Morgan fingerprint density at radius 3 is 2.64 bits per heavy atom. The van der Waals surface area contributed by atoms with E-state index in [-0.39, 0.29) is 5.91 Å². The van der Waals surface area contributed by atoms with Crippen molar-refractivity contribution in [1.82, 2.24) is 24.5 Å². The molecule has 2 aromatic heterocycles. The minimum Gasteiger partial charge on any atom is -0.336 e. The van der Waals surface area contributed by atoms with E-state index in [1.807, 2.05) is 63.0 Å². The monoisotopic (exact) mass is 337 g/mol. The van der Waals surface area contributed by atoms with E-state index in [0.29, 0.717) is 18.7 Å². The first-order valence-corrected chi connectivity index (χ1v) is 8.26. The van der Waals surface area contributed by atoms with E-state index in [4.69, 9.17) is 0 Å². The van der Waals surface area contributed by atoms with Gasteiger partial charge in [0, 0.05) is 31.5 Å². The first-order valence-electron chi connectivity index (χ1n) is 8.26. The van der Waals surface area contributed by atoms with Gasteiger partial charge in [0.25, 0.3) is 5.91 Å². The summed E-state index contributed by atoms with van der Waals surface area (Å²) in [4.78, 5) is 14.4. The average Bonchev–Trinajstić information content (AvgIpc) is 3.12. The highest BCUT2D eigenvalue weighted by molar-refractivity contribution is 5.94. The Kier molecular flexibility index (Phi) is 4.70. The first-order chi connectivity index (χ1) is 11.9. The second-order valence-corrected chi connectivity index (χ2v) is 6.39. The summed E-state index contributed by atoms with van der Waals surface area (Å²) in [5.74, 6) is -0.00332. The van der Waals surface area contributed by atoms with Gasteiger partial charge in [-0.05, 0) is 43.7 Å². The molecule has 130 valence electrons. The van der Waals surface area contributed by atoms with E-state index in [1.165, 1.54) is 0 Å². The summed E-state index contributed by atoms with van der Waals surface area (Å²) in [5, 5.41) is 8.63. The SMILES string of the molecule is Cc1cc(C)n(Cc2cccc(C(=O)N(C)Cc3ccnn3C)c2)n1. The Hall–Kier alpha value is -2.89. The number of carbonyl (C=O) groups excluding carboxylic acids is 1. The number of hydrogen-bond donors (Lipinski definition) is 0. The predicted octanol–water partition coefficient (Wildman–Crippen LogP) is 2.55. The van der Waals surface area contributed by atoms with Crippen LogP contribution in [-0.2, 0) is 20.1 Å². The number of carbonyl (C=O) groups is 1. The van der Waals surface area contributed by atoms with Gasteiger partial charge in [-0.15, -0.1) is 0 Å². The van der Waals surface area contributed by atoms with Crippen molar-refractivity contribution in [2.24, 2.45) is 7.05 Å². The number of benzene rings is 1. The van der Waals surface area contributed by atoms with Crippen LogP contribution in [0.25, 0.3) is 0 Å². The molecule has 25 heavy (non-hydrogen) atoms. The zero-order chi connectivity index (χ0) is 18.0. The number of aryl methyl sites for hydroxylation is 3. The molecule has 3 aromatic rings. The largest absolute Gasteiger partial charge is 0.336 e. The molecule has 0 bridgehead atoms. The van der Waals surface area contributed by atoms with Crippen molar-refractivity contribution in [2.75, 3.05) is 7.05 Å². The molecule has 0 aliphatic rings. The molecule has 0 aliphatic heterocycles. The fraction of sp³-hybridized carbons (Fsp3) is 0.316. The zero-order valence-corrected chi connectivity index (χ0v) is 15.1. The van der Waals surface area contributed by atoms with Gasteiger partial charge < -0.3 is 4.90 Å². The molecule has 3 rings (SSSR count). The van der Waals surface area contributed by atoms with Crippen LogP contribution in [-0.4, -0.2) is 37.4 Å². The lowest BCUT2D eigenvalue weighted by Crippen LogP contribution is -2.27. The van der Waals surface area contributed by atoms with Crippen LogP contribution in [0.4, 0.5) is 0 Å². The van der Waals surface area contributed by atoms with E-state index in [1.54, 1.807) is 15.8 Å². The van der Waals surface area contributed by atoms with Crippen molar-refractivity contribution in [3.63, 3.8) is 0 Å². The van der Waals surface area contributed by atoms with Gasteiger partial charge in [0.1, 0.15) is 0 Å². The van der Waals surface area contributed by atoms with Gasteiger partial charge in [0.05, 0.1) is 24.5 Å². The summed E-state index contributed by atoms with van der Waals surface area (Å²) in [6.07, 6.45) is 1.74. The minimum absolute atomic E-state index is 0.00332. The molecule has 0 aliphatic carbocycles. The van der Waals surface area contributed by atoms with Crippen molar-refractivity contribution in [3.05, 3.63) is 70.8 Å². The Morgan fingerprint density at radius 2 is 2.00 bits per heavy atom. The number of amides is 1. The third-order valence-electron chi connectivity index (χ3n) is 4.28. The Labute approximate surface area is 147 Å². The van der Waals surface area contributed by atoms with Gasteiger partial charge in [-0.1, -0.05) is 12.1 Å². The molecule has 1 amide bonds. The van der Waals surface area contributed by atoms with E-state index in [2.05, 4.69) is 16.3 Å². The molecule has 0 saturated heterocycles. The normalized spacial score (nSPS) is 10.9. The highest BCUT2D eigenvalue weighted by Gasteiger charge is 2.14. The van der Waals surface area contributed by atoms with Gasteiger partial charge in [-0.2, -0.15) is 10.2 Å². The second-order valence-electron chi connectivity index (χ2n) is 6.39. The predicted molar refractivity (Wildman–Crippen MR) is 96.3 cm³/mol. The first kappa shape index (κ1) is 17.0. The standard InChI is InChI=1S/C19H23N5O/c1-14-10-15(2)24(21-14)12-16-6-5-7-17(11-16)19(25)22(3)13-18-8-9-20-23(18)4/h5-11H,12-13H2,1-4H3. The van der Waals surface area contributed by atoms with E-state index in [0.717, 1.165) is 22.6 Å². The van der Waals surface area contributed by atoms with Crippen LogP contribution >= 0.6 is 0 Å². The molecule has 1 aromatic carbocycles. The Balaban J connectivity index is 1.75. The number of hydrogen-bond acceptors (Lipinski definition) is 3. The van der Waals surface area contributed by atoms with Crippen molar-refractivity contribution in [1.29, 1.82) is 0 Å². The lowest BCUT2D eigenvalue weighted by Gasteiger charge is -2.18. The minimum atomic E-state index is -0.00332. The lowest BCUT2D eigenvalue weighted by atomic mass is 10.1. The Bertz CT molecular complexity index is 893. The summed E-state index contributed by atoms with van der Waals surface area (Å²) in [6.45, 7) is 5.21. The van der Waals surface area contributed by atoms with Crippen molar-refractivity contribution < 1.29 is 4.79 Å². The van der Waals surface area contributed by atoms with Crippen LogP contribution in [0, 0.1) is 13.8 Å². The van der Waals surface area contributed by atoms with E-state index >= 15 is 0 Å². The van der Waals surface area contributed by atoms with Crippen LogP contribution in [0.2, 0.25) is 0 Å². The van der Waals surface area contributed by atoms with Crippen molar-refractivity contribution >= 4 is 5.91 Å². The van der Waals surface area contributed by atoms with Crippen LogP contribution in [0.15, 0.2) is 42.6 Å². The van der Waals surface area contributed by atoms with Crippen LogP contribution in [0.5, 0.6) is 0 Å². The van der Waals surface area contributed by atoms with Crippen LogP contribution in [0.3, 0.4) is 0 Å².